The van der Waals surface area contributed by atoms with Crippen molar-refractivity contribution in [2.75, 3.05) is 5.32 Å². The Morgan fingerprint density at radius 1 is 1.12 bits per heavy atom. The van der Waals surface area contributed by atoms with E-state index in [1.54, 1.807) is 63.4 Å². The van der Waals surface area contributed by atoms with Crippen LogP contribution in [0, 0.1) is 0 Å². The molecule has 0 saturated heterocycles. The number of amides is 2. The molecule has 1 heterocycles. The van der Waals surface area contributed by atoms with Crippen LogP contribution in [0.2, 0.25) is 0 Å². The zero-order valence-corrected chi connectivity index (χ0v) is 14.3. The van der Waals surface area contributed by atoms with E-state index in [2.05, 4.69) is 10.6 Å². The smallest absolute Gasteiger partial charge is 0.412 e. The lowest BCUT2D eigenvalue weighted by Gasteiger charge is -2.19. The number of benzene rings is 1. The van der Waals surface area contributed by atoms with Gasteiger partial charge in [0.2, 0.25) is 0 Å². The zero-order chi connectivity index (χ0) is 17.7. The largest absolute Gasteiger partial charge is 0.467 e. The maximum Gasteiger partial charge on any atom is 0.412 e. The molecule has 128 valence electrons. The second-order valence-corrected chi connectivity index (χ2v) is 6.41. The van der Waals surface area contributed by atoms with Gasteiger partial charge in [-0.05, 0) is 64.1 Å². The molecule has 0 saturated carbocycles. The van der Waals surface area contributed by atoms with Crippen LogP contribution < -0.4 is 10.6 Å². The topological polar surface area (TPSA) is 80.6 Å². The second kappa shape index (κ2) is 7.21. The second-order valence-electron chi connectivity index (χ2n) is 6.41. The average Bonchev–Trinajstić information content (AvgIpc) is 3.00. The maximum absolute atomic E-state index is 12.2. The fraction of sp³-hybridized carbons (Fsp3) is 0.333. The first kappa shape index (κ1) is 17.6. The number of rotatable bonds is 4. The fourth-order valence-electron chi connectivity index (χ4n) is 2.02. The van der Waals surface area contributed by atoms with E-state index in [0.717, 1.165) is 0 Å². The summed E-state index contributed by atoms with van der Waals surface area (Å²) in [6.07, 6.45) is 1.03. The summed E-state index contributed by atoms with van der Waals surface area (Å²) in [5, 5.41) is 5.47. The van der Waals surface area contributed by atoms with Crippen molar-refractivity contribution in [3.63, 3.8) is 0 Å². The Balaban J connectivity index is 1.93. The molecule has 24 heavy (non-hydrogen) atoms. The lowest BCUT2D eigenvalue weighted by atomic mass is 10.1. The maximum atomic E-state index is 12.2. The van der Waals surface area contributed by atoms with Crippen molar-refractivity contribution in [3.8, 4) is 0 Å². The highest BCUT2D eigenvalue weighted by Gasteiger charge is 2.17. The van der Waals surface area contributed by atoms with E-state index in [4.69, 9.17) is 9.15 Å². The highest BCUT2D eigenvalue weighted by Crippen LogP contribution is 2.15. The average molecular weight is 330 g/mol. The van der Waals surface area contributed by atoms with Gasteiger partial charge >= 0.3 is 6.09 Å². The standard InChI is InChI=1S/C18H22N2O4/c1-12(15-6-5-11-23-15)19-16(21)13-7-9-14(10-8-13)20-17(22)24-18(2,3)4/h5-12H,1-4H3,(H,19,21)(H,20,22)/t12-/m0/s1. The molecule has 1 atom stereocenters. The van der Waals surface area contributed by atoms with Crippen LogP contribution in [0.25, 0.3) is 0 Å². The molecular weight excluding hydrogens is 308 g/mol. The quantitative estimate of drug-likeness (QED) is 0.883. The molecule has 1 aromatic heterocycles. The molecule has 2 amide bonds. The number of furan rings is 1. The van der Waals surface area contributed by atoms with Crippen molar-refractivity contribution in [1.29, 1.82) is 0 Å². The van der Waals surface area contributed by atoms with Gasteiger partial charge in [0.1, 0.15) is 11.4 Å². The normalized spacial score (nSPS) is 12.3. The molecular formula is C18H22N2O4. The summed E-state index contributed by atoms with van der Waals surface area (Å²) in [4.78, 5) is 23.9. The molecule has 0 spiro atoms. The minimum absolute atomic E-state index is 0.220. The van der Waals surface area contributed by atoms with Crippen molar-refractivity contribution in [1.82, 2.24) is 5.32 Å². The third-order valence-corrected chi connectivity index (χ3v) is 3.11. The number of nitrogens with one attached hydrogen (secondary N) is 2. The van der Waals surface area contributed by atoms with Gasteiger partial charge in [-0.3, -0.25) is 10.1 Å². The Hall–Kier alpha value is -2.76. The lowest BCUT2D eigenvalue weighted by molar-refractivity contribution is 0.0635. The molecule has 0 aliphatic carbocycles. The van der Waals surface area contributed by atoms with Crippen molar-refractivity contribution in [2.45, 2.75) is 39.3 Å². The van der Waals surface area contributed by atoms with Crippen LogP contribution >= 0.6 is 0 Å². The minimum Gasteiger partial charge on any atom is -0.467 e. The van der Waals surface area contributed by atoms with Crippen molar-refractivity contribution in [3.05, 3.63) is 54.0 Å². The van der Waals surface area contributed by atoms with E-state index in [9.17, 15) is 9.59 Å². The van der Waals surface area contributed by atoms with Gasteiger partial charge in [0.25, 0.3) is 5.91 Å². The van der Waals surface area contributed by atoms with Crippen molar-refractivity contribution in [2.24, 2.45) is 0 Å². The van der Waals surface area contributed by atoms with Gasteiger partial charge < -0.3 is 14.5 Å². The number of carbonyl (C=O) groups is 2. The molecule has 0 fully saturated rings. The van der Waals surface area contributed by atoms with Gasteiger partial charge in [-0.25, -0.2) is 4.79 Å². The minimum atomic E-state index is -0.564. The first-order valence-corrected chi connectivity index (χ1v) is 7.69. The number of anilines is 1. The Morgan fingerprint density at radius 2 is 1.79 bits per heavy atom. The summed E-state index contributed by atoms with van der Waals surface area (Å²) in [5.41, 5.74) is 0.481. The van der Waals surface area contributed by atoms with Crippen LogP contribution in [-0.4, -0.2) is 17.6 Å². The SMILES string of the molecule is C[C@H](NC(=O)c1ccc(NC(=O)OC(C)(C)C)cc1)c1ccco1. The summed E-state index contributed by atoms with van der Waals surface area (Å²) < 4.78 is 10.4. The van der Waals surface area contributed by atoms with Gasteiger partial charge in [0.15, 0.2) is 0 Å². The summed E-state index contributed by atoms with van der Waals surface area (Å²) in [6, 6.07) is 9.92. The predicted octanol–water partition coefficient (Wildman–Crippen LogP) is 4.12. The molecule has 0 radical (unpaired) electrons. The summed E-state index contributed by atoms with van der Waals surface area (Å²) in [6.45, 7) is 7.22. The van der Waals surface area contributed by atoms with E-state index in [1.807, 2.05) is 6.92 Å². The fourth-order valence-corrected chi connectivity index (χ4v) is 2.02. The number of ether oxygens (including phenoxy) is 1. The highest BCUT2D eigenvalue weighted by atomic mass is 16.6. The third kappa shape index (κ3) is 5.15. The molecule has 0 bridgehead atoms. The Labute approximate surface area is 141 Å². The number of hydrogen-bond acceptors (Lipinski definition) is 4. The first-order chi connectivity index (χ1) is 11.2. The summed E-state index contributed by atoms with van der Waals surface area (Å²) in [5.74, 6) is 0.467. The van der Waals surface area contributed by atoms with Gasteiger partial charge in [0, 0.05) is 11.3 Å². The van der Waals surface area contributed by atoms with Gasteiger partial charge in [-0.1, -0.05) is 0 Å². The molecule has 2 rings (SSSR count). The Bertz CT molecular complexity index is 685. The van der Waals surface area contributed by atoms with Crippen LogP contribution in [0.4, 0.5) is 10.5 Å². The van der Waals surface area contributed by atoms with E-state index < -0.39 is 11.7 Å². The van der Waals surface area contributed by atoms with E-state index >= 15 is 0 Å². The molecule has 6 heteroatoms. The molecule has 0 aliphatic rings. The Morgan fingerprint density at radius 3 is 2.33 bits per heavy atom. The van der Waals surface area contributed by atoms with Crippen molar-refractivity contribution >= 4 is 17.7 Å². The predicted molar refractivity (Wildman–Crippen MR) is 90.9 cm³/mol. The zero-order valence-electron chi connectivity index (χ0n) is 14.3. The highest BCUT2D eigenvalue weighted by molar-refractivity contribution is 5.95. The van der Waals surface area contributed by atoms with Gasteiger partial charge in [-0.15, -0.1) is 0 Å². The van der Waals surface area contributed by atoms with E-state index in [0.29, 0.717) is 17.0 Å². The number of carbonyl (C=O) groups excluding carboxylic acids is 2. The van der Waals surface area contributed by atoms with Gasteiger partial charge in [-0.2, -0.15) is 0 Å². The third-order valence-electron chi connectivity index (χ3n) is 3.11. The molecule has 0 aliphatic heterocycles. The van der Waals surface area contributed by atoms with Crippen LogP contribution in [0.15, 0.2) is 47.1 Å². The summed E-state index contributed by atoms with van der Waals surface area (Å²) in [7, 11) is 0. The molecule has 1 aromatic carbocycles. The van der Waals surface area contributed by atoms with Crippen LogP contribution in [0.3, 0.4) is 0 Å². The molecule has 2 N–H and O–H groups in total. The Kier molecular flexibility index (Phi) is 5.28. The van der Waals surface area contributed by atoms with E-state index in [1.165, 1.54) is 0 Å². The van der Waals surface area contributed by atoms with Gasteiger partial charge in [0.05, 0.1) is 12.3 Å². The van der Waals surface area contributed by atoms with Crippen LogP contribution in [0.5, 0.6) is 0 Å². The molecule has 2 aromatic rings. The monoisotopic (exact) mass is 330 g/mol. The first-order valence-electron chi connectivity index (χ1n) is 7.69. The molecule has 6 nitrogen and oxygen atoms in total. The molecule has 0 unspecified atom stereocenters. The summed E-state index contributed by atoms with van der Waals surface area (Å²) >= 11 is 0. The van der Waals surface area contributed by atoms with Crippen LogP contribution in [0.1, 0.15) is 49.9 Å². The lowest BCUT2D eigenvalue weighted by Crippen LogP contribution is -2.27. The van der Waals surface area contributed by atoms with Crippen LogP contribution in [-0.2, 0) is 4.74 Å². The number of hydrogen-bond donors (Lipinski definition) is 2. The van der Waals surface area contributed by atoms with E-state index in [-0.39, 0.29) is 11.9 Å². The van der Waals surface area contributed by atoms with Crippen molar-refractivity contribution < 1.29 is 18.7 Å².